The van der Waals surface area contributed by atoms with Crippen LogP contribution >= 0.6 is 23.2 Å². The van der Waals surface area contributed by atoms with Gasteiger partial charge in [0.25, 0.3) is 0 Å². The lowest BCUT2D eigenvalue weighted by molar-refractivity contribution is 0.242. The number of nitrogens with one attached hydrogen (secondary N) is 2. The Morgan fingerprint density at radius 1 is 0.909 bits per heavy atom. The molecule has 2 N–H and O–H groups in total. The minimum atomic E-state index is 0.171. The van der Waals surface area contributed by atoms with E-state index in [2.05, 4.69) is 10.6 Å². The molecule has 3 nitrogen and oxygen atoms in total. The van der Waals surface area contributed by atoms with Crippen molar-refractivity contribution in [2.45, 2.75) is 20.0 Å². The summed E-state index contributed by atoms with van der Waals surface area (Å²) in [7, 11) is 0. The summed E-state index contributed by atoms with van der Waals surface area (Å²) in [4.78, 5) is 0. The summed E-state index contributed by atoms with van der Waals surface area (Å²) in [5.74, 6) is 0.870. The van der Waals surface area contributed by atoms with Crippen LogP contribution in [0.3, 0.4) is 0 Å². The number of rotatable bonds is 7. The summed E-state index contributed by atoms with van der Waals surface area (Å²) >= 11 is 11.9. The fourth-order valence-corrected chi connectivity index (χ4v) is 2.55. The van der Waals surface area contributed by atoms with Gasteiger partial charge in [-0.15, -0.1) is 0 Å². The molecule has 0 amide bonds. The quantitative estimate of drug-likeness (QED) is 0.671. The van der Waals surface area contributed by atoms with Crippen LogP contribution in [-0.4, -0.2) is 19.2 Å². The van der Waals surface area contributed by atoms with Gasteiger partial charge in [0.15, 0.2) is 0 Å². The van der Waals surface area contributed by atoms with Gasteiger partial charge in [-0.3, -0.25) is 0 Å². The molecule has 0 saturated heterocycles. The Balaban J connectivity index is 1.81. The molecule has 2 aromatic carbocycles. The van der Waals surface area contributed by atoms with Gasteiger partial charge in [0.2, 0.25) is 0 Å². The molecular weight excluding hydrogens is 319 g/mol. The summed E-state index contributed by atoms with van der Waals surface area (Å²) in [6.45, 7) is 5.56. The second kappa shape index (κ2) is 8.16. The van der Waals surface area contributed by atoms with Gasteiger partial charge in [-0.25, -0.2) is 0 Å². The van der Waals surface area contributed by atoms with E-state index in [4.69, 9.17) is 27.9 Å². The van der Waals surface area contributed by atoms with Gasteiger partial charge in [-0.2, -0.15) is 0 Å². The molecule has 118 valence electrons. The highest BCUT2D eigenvalue weighted by atomic mass is 35.5. The maximum atomic E-state index is 5.96. The molecule has 0 radical (unpaired) electrons. The molecular formula is C17H20Cl2N2O. The zero-order chi connectivity index (χ0) is 15.9. The lowest BCUT2D eigenvalue weighted by Gasteiger charge is -2.13. The Hall–Kier alpha value is -1.58. The largest absolute Gasteiger partial charge is 0.491 e. The Bertz CT molecular complexity index is 597. The first-order valence-corrected chi connectivity index (χ1v) is 7.99. The van der Waals surface area contributed by atoms with Gasteiger partial charge in [-0.05, 0) is 44.2 Å². The number of anilines is 2. The molecule has 0 saturated carbocycles. The zero-order valence-corrected chi connectivity index (χ0v) is 14.2. The van der Waals surface area contributed by atoms with Gasteiger partial charge in [0.1, 0.15) is 5.75 Å². The Morgan fingerprint density at radius 2 is 1.55 bits per heavy atom. The molecule has 0 aliphatic carbocycles. The standard InChI is InChI=1S/C17H20Cl2N2O/c1-12(2)22-17-5-3-4-15(11-17)20-6-7-21-16-9-13(18)8-14(19)10-16/h3-5,8-12,20-21H,6-7H2,1-2H3. The van der Waals surface area contributed by atoms with Crippen molar-refractivity contribution >= 4 is 34.6 Å². The number of halogens is 2. The van der Waals surface area contributed by atoms with E-state index in [1.807, 2.05) is 50.2 Å². The molecule has 22 heavy (non-hydrogen) atoms. The molecule has 0 atom stereocenters. The van der Waals surface area contributed by atoms with Crippen LogP contribution in [0, 0.1) is 0 Å². The Morgan fingerprint density at radius 3 is 2.18 bits per heavy atom. The molecule has 5 heteroatoms. The lowest BCUT2D eigenvalue weighted by Crippen LogP contribution is -2.13. The monoisotopic (exact) mass is 338 g/mol. The predicted molar refractivity (Wildman–Crippen MR) is 95.6 cm³/mol. The first-order chi connectivity index (χ1) is 10.5. The van der Waals surface area contributed by atoms with Gasteiger partial charge in [0.05, 0.1) is 6.10 Å². The van der Waals surface area contributed by atoms with Crippen LogP contribution in [0.1, 0.15) is 13.8 Å². The van der Waals surface area contributed by atoms with Gasteiger partial charge < -0.3 is 15.4 Å². The van der Waals surface area contributed by atoms with Crippen molar-refractivity contribution in [3.63, 3.8) is 0 Å². The van der Waals surface area contributed by atoms with Gasteiger partial charge in [0, 0.05) is 40.6 Å². The molecule has 0 aliphatic heterocycles. The van der Waals surface area contributed by atoms with E-state index in [0.717, 1.165) is 30.2 Å². The smallest absolute Gasteiger partial charge is 0.121 e. The Labute approximate surface area is 141 Å². The highest BCUT2D eigenvalue weighted by Gasteiger charge is 2.00. The summed E-state index contributed by atoms with van der Waals surface area (Å²) < 4.78 is 5.67. The molecule has 2 rings (SSSR count). The maximum absolute atomic E-state index is 5.96. The fraction of sp³-hybridized carbons (Fsp3) is 0.294. The first kappa shape index (κ1) is 16.8. The van der Waals surface area contributed by atoms with Crippen molar-refractivity contribution in [3.05, 3.63) is 52.5 Å². The summed E-state index contributed by atoms with van der Waals surface area (Å²) in [6, 6.07) is 13.4. The van der Waals surface area contributed by atoms with E-state index in [-0.39, 0.29) is 6.10 Å². The minimum Gasteiger partial charge on any atom is -0.491 e. The van der Waals surface area contributed by atoms with E-state index in [0.29, 0.717) is 10.0 Å². The summed E-state index contributed by atoms with van der Waals surface area (Å²) in [5, 5.41) is 7.88. The van der Waals surface area contributed by atoms with E-state index in [1.165, 1.54) is 0 Å². The normalized spacial score (nSPS) is 10.6. The molecule has 0 unspecified atom stereocenters. The van der Waals surface area contributed by atoms with Crippen molar-refractivity contribution in [1.82, 2.24) is 0 Å². The molecule has 2 aromatic rings. The average molecular weight is 339 g/mol. The zero-order valence-electron chi connectivity index (χ0n) is 12.7. The second-order valence-electron chi connectivity index (χ2n) is 5.21. The molecule has 0 aromatic heterocycles. The summed E-state index contributed by atoms with van der Waals surface area (Å²) in [6.07, 6.45) is 0.171. The topological polar surface area (TPSA) is 33.3 Å². The van der Waals surface area contributed by atoms with Gasteiger partial charge >= 0.3 is 0 Å². The molecule has 0 heterocycles. The van der Waals surface area contributed by atoms with Crippen LogP contribution in [0.2, 0.25) is 10.0 Å². The van der Waals surface area contributed by atoms with Crippen LogP contribution in [-0.2, 0) is 0 Å². The average Bonchev–Trinajstić information content (AvgIpc) is 2.42. The number of benzene rings is 2. The lowest BCUT2D eigenvalue weighted by atomic mass is 10.3. The van der Waals surface area contributed by atoms with Crippen molar-refractivity contribution in [3.8, 4) is 5.75 Å². The summed E-state index contributed by atoms with van der Waals surface area (Å²) in [5.41, 5.74) is 1.94. The van der Waals surface area contributed by atoms with E-state index in [1.54, 1.807) is 6.07 Å². The molecule has 0 bridgehead atoms. The third-order valence-electron chi connectivity index (χ3n) is 2.85. The predicted octanol–water partition coefficient (Wildman–Crippen LogP) is 5.30. The van der Waals surface area contributed by atoms with Crippen molar-refractivity contribution in [2.24, 2.45) is 0 Å². The van der Waals surface area contributed by atoms with Crippen molar-refractivity contribution in [1.29, 1.82) is 0 Å². The van der Waals surface area contributed by atoms with E-state index >= 15 is 0 Å². The third-order valence-corrected chi connectivity index (χ3v) is 3.29. The van der Waals surface area contributed by atoms with Crippen LogP contribution in [0.5, 0.6) is 5.75 Å². The minimum absolute atomic E-state index is 0.171. The molecule has 0 aliphatic rings. The van der Waals surface area contributed by atoms with Crippen LogP contribution in [0.15, 0.2) is 42.5 Å². The van der Waals surface area contributed by atoms with Gasteiger partial charge in [-0.1, -0.05) is 29.3 Å². The first-order valence-electron chi connectivity index (χ1n) is 7.23. The fourth-order valence-electron chi connectivity index (χ4n) is 2.02. The highest BCUT2D eigenvalue weighted by molar-refractivity contribution is 6.35. The SMILES string of the molecule is CC(C)Oc1cccc(NCCNc2cc(Cl)cc(Cl)c2)c1. The van der Waals surface area contributed by atoms with Crippen LogP contribution < -0.4 is 15.4 Å². The Kier molecular flexibility index (Phi) is 6.22. The number of hydrogen-bond donors (Lipinski definition) is 2. The molecule has 0 fully saturated rings. The number of hydrogen-bond acceptors (Lipinski definition) is 3. The highest BCUT2D eigenvalue weighted by Crippen LogP contribution is 2.22. The maximum Gasteiger partial charge on any atom is 0.121 e. The van der Waals surface area contributed by atoms with Crippen LogP contribution in [0.4, 0.5) is 11.4 Å². The van der Waals surface area contributed by atoms with E-state index in [9.17, 15) is 0 Å². The molecule has 0 spiro atoms. The number of ether oxygens (including phenoxy) is 1. The van der Waals surface area contributed by atoms with Crippen LogP contribution in [0.25, 0.3) is 0 Å². The second-order valence-corrected chi connectivity index (χ2v) is 6.08. The van der Waals surface area contributed by atoms with E-state index < -0.39 is 0 Å². The van der Waals surface area contributed by atoms with Crippen molar-refractivity contribution in [2.75, 3.05) is 23.7 Å². The third kappa shape index (κ3) is 5.66. The van der Waals surface area contributed by atoms with Crippen molar-refractivity contribution < 1.29 is 4.74 Å².